The topological polar surface area (TPSA) is 98.5 Å². The summed E-state index contributed by atoms with van der Waals surface area (Å²) < 4.78 is 41.7. The molecule has 3 N–H and O–H groups in total. The smallest absolute Gasteiger partial charge is 0.254 e. The number of aryl methyl sites for hydroxylation is 1. The van der Waals surface area contributed by atoms with Crippen LogP contribution < -0.4 is 10.5 Å². The summed E-state index contributed by atoms with van der Waals surface area (Å²) in [5.41, 5.74) is -1.08. The van der Waals surface area contributed by atoms with Crippen molar-refractivity contribution in [3.63, 3.8) is 0 Å². The Kier molecular flexibility index (Phi) is 5.08. The van der Waals surface area contributed by atoms with Crippen LogP contribution in [0.4, 0.5) is 4.39 Å². The highest BCUT2D eigenvalue weighted by molar-refractivity contribution is 7.89. The molecule has 0 radical (unpaired) electrons. The number of nitrogens with one attached hydrogen (secondary N) is 1. The molecule has 6 nitrogen and oxygen atoms in total. The van der Waals surface area contributed by atoms with Gasteiger partial charge < -0.3 is 10.1 Å². The van der Waals surface area contributed by atoms with Gasteiger partial charge in [0.05, 0.1) is 22.6 Å². The average molecular weight is 318 g/mol. The van der Waals surface area contributed by atoms with Crippen LogP contribution in [0.25, 0.3) is 0 Å². The van der Waals surface area contributed by atoms with Gasteiger partial charge in [0.25, 0.3) is 5.91 Å². The third-order valence-corrected chi connectivity index (χ3v) is 3.65. The van der Waals surface area contributed by atoms with E-state index in [1.807, 2.05) is 0 Å². The molecule has 0 aliphatic heterocycles. The van der Waals surface area contributed by atoms with E-state index in [-0.39, 0.29) is 22.6 Å². The van der Waals surface area contributed by atoms with Crippen molar-refractivity contribution in [2.45, 2.75) is 31.2 Å². The van der Waals surface area contributed by atoms with Gasteiger partial charge in [-0.3, -0.25) is 4.79 Å². The Morgan fingerprint density at radius 2 is 2.00 bits per heavy atom. The molecule has 21 heavy (non-hydrogen) atoms. The summed E-state index contributed by atoms with van der Waals surface area (Å²) in [6, 6.07) is 2.01. The first-order valence-corrected chi connectivity index (χ1v) is 7.67. The number of hydrogen-bond donors (Lipinski definition) is 2. The Balaban J connectivity index is 3.24. The molecule has 1 rings (SSSR count). The first-order valence-electron chi connectivity index (χ1n) is 6.12. The first kappa shape index (κ1) is 17.5. The Labute approximate surface area is 123 Å². The summed E-state index contributed by atoms with van der Waals surface area (Å²) >= 11 is 0. The summed E-state index contributed by atoms with van der Waals surface area (Å²) in [4.78, 5) is 11.8. The van der Waals surface area contributed by atoms with E-state index in [1.165, 1.54) is 14.0 Å². The van der Waals surface area contributed by atoms with E-state index in [9.17, 15) is 17.6 Å². The molecule has 0 saturated heterocycles. The number of benzene rings is 1. The van der Waals surface area contributed by atoms with E-state index in [2.05, 4.69) is 5.32 Å². The summed E-state index contributed by atoms with van der Waals surface area (Å²) in [5.74, 6) is -1.52. The molecule has 0 saturated carbocycles. The molecule has 1 amide bonds. The maximum Gasteiger partial charge on any atom is 0.254 e. The van der Waals surface area contributed by atoms with Crippen molar-refractivity contribution in [1.29, 1.82) is 0 Å². The van der Waals surface area contributed by atoms with E-state index < -0.39 is 27.3 Å². The maximum atomic E-state index is 14.1. The minimum absolute atomic E-state index is 0.0243. The van der Waals surface area contributed by atoms with E-state index in [0.717, 1.165) is 12.1 Å². The van der Waals surface area contributed by atoms with Crippen LogP contribution in [0.2, 0.25) is 0 Å². The van der Waals surface area contributed by atoms with Gasteiger partial charge in [0.1, 0.15) is 5.82 Å². The second-order valence-electron chi connectivity index (χ2n) is 5.42. The standard InChI is InChI=1S/C13H19FN2O4S/c1-8-5-9(21(15,18)19)6-10(11(8)14)12(17)16-13(2,3)7-20-4/h5-6H,7H2,1-4H3,(H,16,17)(H2,15,18,19). The number of amides is 1. The van der Waals surface area contributed by atoms with Gasteiger partial charge in [0, 0.05) is 7.11 Å². The number of hydrogen-bond acceptors (Lipinski definition) is 4. The number of rotatable bonds is 5. The van der Waals surface area contributed by atoms with Gasteiger partial charge in [0.2, 0.25) is 10.0 Å². The average Bonchev–Trinajstić information content (AvgIpc) is 2.29. The van der Waals surface area contributed by atoms with Crippen molar-refractivity contribution < 1.29 is 22.3 Å². The summed E-state index contributed by atoms with van der Waals surface area (Å²) in [6.07, 6.45) is 0. The van der Waals surface area contributed by atoms with E-state index in [1.54, 1.807) is 13.8 Å². The van der Waals surface area contributed by atoms with Crippen LogP contribution in [-0.2, 0) is 14.8 Å². The van der Waals surface area contributed by atoms with Crippen LogP contribution in [0.5, 0.6) is 0 Å². The second kappa shape index (κ2) is 6.08. The predicted molar refractivity (Wildman–Crippen MR) is 75.9 cm³/mol. The lowest BCUT2D eigenvalue weighted by Crippen LogP contribution is -2.47. The van der Waals surface area contributed by atoms with Crippen LogP contribution in [0.15, 0.2) is 17.0 Å². The molecule has 118 valence electrons. The van der Waals surface area contributed by atoms with Gasteiger partial charge in [0.15, 0.2) is 0 Å². The molecule has 0 aliphatic carbocycles. The number of ether oxygens (including phenoxy) is 1. The zero-order valence-electron chi connectivity index (χ0n) is 12.4. The molecule has 0 aliphatic rings. The quantitative estimate of drug-likeness (QED) is 0.844. The van der Waals surface area contributed by atoms with Crippen LogP contribution >= 0.6 is 0 Å². The van der Waals surface area contributed by atoms with Gasteiger partial charge in [-0.15, -0.1) is 0 Å². The number of halogens is 1. The summed E-state index contributed by atoms with van der Waals surface area (Å²) in [5, 5.41) is 7.60. The molecule has 0 heterocycles. The first-order chi connectivity index (χ1) is 9.48. The molecule has 0 aromatic heterocycles. The highest BCUT2D eigenvalue weighted by Crippen LogP contribution is 2.19. The molecule has 1 aromatic carbocycles. The minimum Gasteiger partial charge on any atom is -0.382 e. The second-order valence-corrected chi connectivity index (χ2v) is 6.98. The number of methoxy groups -OCH3 is 1. The van der Waals surface area contributed by atoms with Gasteiger partial charge in [-0.25, -0.2) is 17.9 Å². The molecule has 0 bridgehead atoms. The fourth-order valence-electron chi connectivity index (χ4n) is 1.84. The van der Waals surface area contributed by atoms with Crippen LogP contribution in [0, 0.1) is 12.7 Å². The fraction of sp³-hybridized carbons (Fsp3) is 0.462. The number of primary sulfonamides is 1. The Morgan fingerprint density at radius 3 is 2.48 bits per heavy atom. The lowest BCUT2D eigenvalue weighted by atomic mass is 10.0. The summed E-state index contributed by atoms with van der Waals surface area (Å²) in [7, 11) is -2.55. The molecular formula is C13H19FN2O4S. The molecule has 0 spiro atoms. The minimum atomic E-state index is -4.02. The Morgan fingerprint density at radius 1 is 1.43 bits per heavy atom. The SMILES string of the molecule is COCC(C)(C)NC(=O)c1cc(S(N)(=O)=O)cc(C)c1F. The Hall–Kier alpha value is -1.51. The zero-order valence-corrected chi connectivity index (χ0v) is 13.2. The van der Waals surface area contributed by atoms with Gasteiger partial charge in [-0.1, -0.05) is 0 Å². The third-order valence-electron chi connectivity index (χ3n) is 2.76. The normalized spacial score (nSPS) is 12.3. The lowest BCUT2D eigenvalue weighted by Gasteiger charge is -2.25. The van der Waals surface area contributed by atoms with Crippen molar-refractivity contribution in [2.75, 3.05) is 13.7 Å². The molecule has 0 fully saturated rings. The van der Waals surface area contributed by atoms with Crippen molar-refractivity contribution in [2.24, 2.45) is 5.14 Å². The van der Waals surface area contributed by atoms with E-state index in [0.29, 0.717) is 0 Å². The van der Waals surface area contributed by atoms with Gasteiger partial charge >= 0.3 is 0 Å². The number of nitrogens with two attached hydrogens (primary N) is 1. The van der Waals surface area contributed by atoms with Crippen LogP contribution in [0.3, 0.4) is 0 Å². The molecular weight excluding hydrogens is 299 g/mol. The highest BCUT2D eigenvalue weighted by atomic mass is 32.2. The van der Waals surface area contributed by atoms with Crippen LogP contribution in [0.1, 0.15) is 29.8 Å². The van der Waals surface area contributed by atoms with Gasteiger partial charge in [-0.05, 0) is 38.5 Å². The Bertz CT molecular complexity index is 656. The summed E-state index contributed by atoms with van der Waals surface area (Å²) in [6.45, 7) is 4.97. The largest absolute Gasteiger partial charge is 0.382 e. The molecule has 0 unspecified atom stereocenters. The number of carbonyl (C=O) groups excluding carboxylic acids is 1. The third kappa shape index (κ3) is 4.48. The highest BCUT2D eigenvalue weighted by Gasteiger charge is 2.25. The maximum absolute atomic E-state index is 14.1. The lowest BCUT2D eigenvalue weighted by molar-refractivity contribution is 0.0816. The van der Waals surface area contributed by atoms with E-state index in [4.69, 9.17) is 9.88 Å². The number of sulfonamides is 1. The molecule has 8 heteroatoms. The van der Waals surface area contributed by atoms with Crippen molar-refractivity contribution in [3.8, 4) is 0 Å². The monoisotopic (exact) mass is 318 g/mol. The van der Waals surface area contributed by atoms with E-state index >= 15 is 0 Å². The van der Waals surface area contributed by atoms with Crippen molar-refractivity contribution in [1.82, 2.24) is 5.32 Å². The fourth-order valence-corrected chi connectivity index (χ4v) is 2.46. The molecule has 0 atom stereocenters. The zero-order chi connectivity index (χ0) is 16.4. The molecule has 1 aromatic rings. The van der Waals surface area contributed by atoms with Crippen LogP contribution in [-0.4, -0.2) is 33.6 Å². The predicted octanol–water partition coefficient (Wildman–Crippen LogP) is 0.936. The van der Waals surface area contributed by atoms with Crippen molar-refractivity contribution >= 4 is 15.9 Å². The van der Waals surface area contributed by atoms with Crippen molar-refractivity contribution in [3.05, 3.63) is 29.1 Å². The van der Waals surface area contributed by atoms with Gasteiger partial charge in [-0.2, -0.15) is 0 Å². The number of carbonyl (C=O) groups is 1.